The van der Waals surface area contributed by atoms with Crippen LogP contribution in [0.5, 0.6) is 0 Å². The largest absolute Gasteiger partial charge is 1.00 e. The Morgan fingerprint density at radius 2 is 1.68 bits per heavy atom. The van der Waals surface area contributed by atoms with Gasteiger partial charge in [0.15, 0.2) is 0 Å². The van der Waals surface area contributed by atoms with Gasteiger partial charge in [-0.2, -0.15) is 14.4 Å². The fraction of sp³-hybridized carbons (Fsp3) is 0.200. The van der Waals surface area contributed by atoms with E-state index in [1.165, 1.54) is 12.1 Å². The number of aromatic nitrogens is 1. The number of benzene rings is 2. The molecule has 0 N–H and O–H groups in total. The Labute approximate surface area is 281 Å². The Kier molecular flexibility index (Phi) is 12.3. The first-order valence-electron chi connectivity index (χ1n) is 11.2. The van der Waals surface area contributed by atoms with Crippen LogP contribution in [0.2, 0.25) is 0 Å². The van der Waals surface area contributed by atoms with Gasteiger partial charge in [0.2, 0.25) is 0 Å². The van der Waals surface area contributed by atoms with Crippen LogP contribution in [0.15, 0.2) is 69.0 Å². The smallest absolute Gasteiger partial charge is 0.744 e. The van der Waals surface area contributed by atoms with Crippen molar-refractivity contribution < 1.29 is 91.5 Å². The zero-order chi connectivity index (χ0) is 27.8. The van der Waals surface area contributed by atoms with Gasteiger partial charge in [-0.3, -0.25) is 9.83 Å². The summed E-state index contributed by atoms with van der Waals surface area (Å²) in [6.07, 6.45) is 1.69. The maximum Gasteiger partial charge on any atom is 1.00 e. The van der Waals surface area contributed by atoms with Crippen LogP contribution in [-0.4, -0.2) is 43.3 Å². The van der Waals surface area contributed by atoms with Crippen LogP contribution in [0.3, 0.4) is 0 Å². The van der Waals surface area contributed by atoms with Crippen molar-refractivity contribution in [1.29, 1.82) is 0 Å². The Bertz CT molecular complexity index is 1570. The van der Waals surface area contributed by atoms with E-state index >= 15 is 0 Å². The van der Waals surface area contributed by atoms with Crippen LogP contribution < -0.4 is 74.3 Å². The molecule has 2 aromatic carbocycles. The fourth-order valence-electron chi connectivity index (χ4n) is 4.21. The zero-order valence-corrected chi connectivity index (χ0v) is 28.8. The van der Waals surface area contributed by atoms with Gasteiger partial charge in [-0.25, -0.2) is 8.42 Å². The number of hydrogen-bond acceptors (Lipinski definition) is 10. The molecule has 15 heteroatoms. The summed E-state index contributed by atoms with van der Waals surface area (Å²) in [5.74, 6) is -0.615. The van der Waals surface area contributed by atoms with E-state index in [1.807, 2.05) is 63.2 Å². The second-order valence-corrected chi connectivity index (χ2v) is 10.9. The second kappa shape index (κ2) is 14.1. The molecule has 2 heterocycles. The van der Waals surface area contributed by atoms with Crippen LogP contribution in [0.1, 0.15) is 23.9 Å². The summed E-state index contributed by atoms with van der Waals surface area (Å²) >= 11 is 0.487. The predicted octanol–water partition coefficient (Wildman–Crippen LogP) is -2.89. The number of hydrazone groups is 1. The van der Waals surface area contributed by atoms with E-state index in [1.54, 1.807) is 13.0 Å². The number of hydrogen-bond donors (Lipinski definition) is 0. The first kappa shape index (κ1) is 34.7. The van der Waals surface area contributed by atoms with Gasteiger partial charge < -0.3 is 19.3 Å². The summed E-state index contributed by atoms with van der Waals surface area (Å²) in [7, 11) is -1.02. The van der Waals surface area contributed by atoms with E-state index in [0.29, 0.717) is 17.8 Å². The SMILES string of the molecule is CC1=NN(c2cc(SOO[O-])ccc2S(=O)(=O)[O-])C(=O)/C1=C\c1cc(C)n(-c2ccc(N(C)C)cc2)c1C.[Na+].[Na+]. The van der Waals surface area contributed by atoms with Gasteiger partial charge in [-0.15, -0.1) is 0 Å². The van der Waals surface area contributed by atoms with Crippen LogP contribution in [0.4, 0.5) is 11.4 Å². The molecule has 0 fully saturated rings. The molecule has 1 aliphatic heterocycles. The monoisotopic (exact) mass is 602 g/mol. The molecule has 0 spiro atoms. The van der Waals surface area contributed by atoms with Gasteiger partial charge in [0.05, 0.1) is 33.9 Å². The molecule has 4 rings (SSSR count). The van der Waals surface area contributed by atoms with Gasteiger partial charge in [0.25, 0.3) is 5.91 Å². The van der Waals surface area contributed by atoms with Crippen molar-refractivity contribution in [3.63, 3.8) is 0 Å². The molecule has 0 radical (unpaired) electrons. The van der Waals surface area contributed by atoms with Crippen molar-refractivity contribution in [2.45, 2.75) is 30.6 Å². The minimum Gasteiger partial charge on any atom is -0.744 e. The molecule has 3 aromatic rings. The number of carbonyl (C=O) groups excluding carboxylic acids is 1. The third-order valence-electron chi connectivity index (χ3n) is 6.04. The van der Waals surface area contributed by atoms with Crippen LogP contribution >= 0.6 is 12.0 Å². The van der Waals surface area contributed by atoms with E-state index in [4.69, 9.17) is 0 Å². The number of aryl methyl sites for hydroxylation is 1. The molecule has 0 atom stereocenters. The molecule has 1 aliphatic rings. The minimum atomic E-state index is -4.96. The standard InChI is InChI=1S/C25H26N4O7S2.2Na/c1-15-12-18(17(3)28(15)20-8-6-19(7-9-20)27(4)5)13-22-16(2)26-29(25(22)30)23-14-21(37-36-35-31)10-11-24(23)38(32,33)34;;/h6-14,31H,1-5H3,(H,32,33,34);;/q;2*+1/p-2/b22-13-;;. The first-order valence-corrected chi connectivity index (χ1v) is 13.4. The number of amides is 1. The molecule has 0 unspecified atom stereocenters. The molecule has 200 valence electrons. The van der Waals surface area contributed by atoms with E-state index in [0.717, 1.165) is 39.4 Å². The van der Waals surface area contributed by atoms with E-state index < -0.39 is 20.9 Å². The molecular weight excluding hydrogens is 578 g/mol. The number of anilines is 2. The van der Waals surface area contributed by atoms with Crippen LogP contribution in [0.25, 0.3) is 11.8 Å². The number of rotatable bonds is 8. The summed E-state index contributed by atoms with van der Waals surface area (Å²) in [5.41, 5.74) is 4.96. The van der Waals surface area contributed by atoms with Crippen molar-refractivity contribution >= 4 is 51.2 Å². The van der Waals surface area contributed by atoms with Crippen molar-refractivity contribution in [2.24, 2.45) is 5.10 Å². The molecule has 0 aliphatic carbocycles. The molecule has 1 aromatic heterocycles. The average Bonchev–Trinajstić information content (AvgIpc) is 3.31. The average molecular weight is 603 g/mol. The fourth-order valence-corrected chi connectivity index (χ4v) is 5.24. The molecule has 0 saturated heterocycles. The molecule has 40 heavy (non-hydrogen) atoms. The molecule has 0 saturated carbocycles. The Hall–Kier alpha value is -1.46. The summed E-state index contributed by atoms with van der Waals surface area (Å²) < 4.78 is 42.0. The Morgan fingerprint density at radius 3 is 2.25 bits per heavy atom. The van der Waals surface area contributed by atoms with E-state index in [-0.39, 0.29) is 75.3 Å². The van der Waals surface area contributed by atoms with Crippen LogP contribution in [-0.2, 0) is 24.3 Å². The van der Waals surface area contributed by atoms with Crippen LogP contribution in [0, 0.1) is 13.8 Å². The normalized spacial score (nSPS) is 14.2. The summed E-state index contributed by atoms with van der Waals surface area (Å²) in [4.78, 5) is 15.0. The Balaban J connectivity index is 0.00000280. The Morgan fingerprint density at radius 1 is 1.02 bits per heavy atom. The van der Waals surface area contributed by atoms with Gasteiger partial charge in [0, 0.05) is 41.8 Å². The van der Waals surface area contributed by atoms with E-state index in [2.05, 4.69) is 19.0 Å². The van der Waals surface area contributed by atoms with Gasteiger partial charge in [-0.1, -0.05) is 0 Å². The van der Waals surface area contributed by atoms with Crippen molar-refractivity contribution in [3.05, 3.63) is 71.1 Å². The summed E-state index contributed by atoms with van der Waals surface area (Å²) in [6, 6.07) is 13.5. The quantitative estimate of drug-likeness (QED) is 0.0664. The van der Waals surface area contributed by atoms with Crippen molar-refractivity contribution in [1.82, 2.24) is 4.57 Å². The summed E-state index contributed by atoms with van der Waals surface area (Å²) in [5, 5.41) is 18.6. The topological polar surface area (TPSA) is 140 Å². The van der Waals surface area contributed by atoms with Gasteiger partial charge in [-0.05, 0) is 80.9 Å². The zero-order valence-electron chi connectivity index (χ0n) is 23.2. The summed E-state index contributed by atoms with van der Waals surface area (Å²) in [6.45, 7) is 5.51. The maximum absolute atomic E-state index is 13.4. The third kappa shape index (κ3) is 7.30. The van der Waals surface area contributed by atoms with Crippen molar-refractivity contribution in [3.8, 4) is 5.69 Å². The van der Waals surface area contributed by atoms with Crippen molar-refractivity contribution in [2.75, 3.05) is 24.0 Å². The van der Waals surface area contributed by atoms with Gasteiger partial charge >= 0.3 is 59.1 Å². The molecule has 11 nitrogen and oxygen atoms in total. The van der Waals surface area contributed by atoms with E-state index in [9.17, 15) is 23.0 Å². The number of nitrogens with zero attached hydrogens (tertiary/aromatic N) is 4. The predicted molar refractivity (Wildman–Crippen MR) is 141 cm³/mol. The maximum atomic E-state index is 13.4. The molecule has 0 bridgehead atoms. The third-order valence-corrected chi connectivity index (χ3v) is 7.50. The minimum absolute atomic E-state index is 0. The first-order chi connectivity index (χ1) is 17.9. The second-order valence-electron chi connectivity index (χ2n) is 8.74. The number of carbonyl (C=O) groups is 1. The van der Waals surface area contributed by atoms with Gasteiger partial charge in [0.1, 0.15) is 10.1 Å². The molecule has 1 amide bonds. The molecular formula is C25H24N4Na2O7S2.